The molecule has 0 unspecified atom stereocenters. The van der Waals surface area contributed by atoms with Crippen LogP contribution in [-0.4, -0.2) is 44.6 Å². The van der Waals surface area contributed by atoms with Gasteiger partial charge in [-0.2, -0.15) is 0 Å². The van der Waals surface area contributed by atoms with Crippen molar-refractivity contribution in [2.45, 2.75) is 24.3 Å². The predicted octanol–water partition coefficient (Wildman–Crippen LogP) is 2.37. The number of nitrogens with one attached hydrogen (secondary N) is 2. The van der Waals surface area contributed by atoms with Gasteiger partial charge in [-0.05, 0) is 26.0 Å². The zero-order chi connectivity index (χ0) is 14.8. The molecule has 0 aliphatic rings. The fourth-order valence-electron chi connectivity index (χ4n) is 1.44. The molecule has 1 rings (SSSR count). The summed E-state index contributed by atoms with van der Waals surface area (Å²) < 4.78 is 5.37. The van der Waals surface area contributed by atoms with Gasteiger partial charge in [0.2, 0.25) is 0 Å². The van der Waals surface area contributed by atoms with Gasteiger partial charge in [-0.3, -0.25) is 4.99 Å². The van der Waals surface area contributed by atoms with Gasteiger partial charge in [0.15, 0.2) is 5.96 Å². The average Bonchev–Trinajstić information content (AvgIpc) is 2.47. The Bertz CT molecular complexity index is 407. The lowest BCUT2D eigenvalue weighted by molar-refractivity contribution is 0.0268. The van der Waals surface area contributed by atoms with Crippen LogP contribution in [0.2, 0.25) is 0 Å². The molecular formula is C15H25N3OS. The Balaban J connectivity index is 2.22. The molecule has 0 aliphatic carbocycles. The van der Waals surface area contributed by atoms with E-state index in [1.165, 1.54) is 4.90 Å². The third-order valence-corrected chi connectivity index (χ3v) is 3.88. The standard InChI is InChI=1S/C15H25N3OS/c1-15(2,19-4)12-18-14(16-3)17-10-11-20-13-8-6-5-7-9-13/h5-9H,10-12H2,1-4H3,(H2,16,17,18). The summed E-state index contributed by atoms with van der Waals surface area (Å²) >= 11 is 1.83. The third-order valence-electron chi connectivity index (χ3n) is 2.86. The minimum absolute atomic E-state index is 0.198. The highest BCUT2D eigenvalue weighted by molar-refractivity contribution is 7.99. The number of rotatable bonds is 7. The molecule has 4 nitrogen and oxygen atoms in total. The molecule has 0 heterocycles. The molecule has 0 radical (unpaired) electrons. The van der Waals surface area contributed by atoms with E-state index in [9.17, 15) is 0 Å². The average molecular weight is 295 g/mol. The van der Waals surface area contributed by atoms with E-state index < -0.39 is 0 Å². The van der Waals surface area contributed by atoms with Gasteiger partial charge in [0.1, 0.15) is 0 Å². The van der Waals surface area contributed by atoms with Crippen LogP contribution < -0.4 is 10.6 Å². The van der Waals surface area contributed by atoms with Crippen molar-refractivity contribution in [3.63, 3.8) is 0 Å². The lowest BCUT2D eigenvalue weighted by Crippen LogP contribution is -2.45. The molecule has 0 fully saturated rings. The summed E-state index contributed by atoms with van der Waals surface area (Å²) in [5.74, 6) is 1.81. The van der Waals surface area contributed by atoms with Crippen molar-refractivity contribution in [2.75, 3.05) is 33.0 Å². The summed E-state index contributed by atoms with van der Waals surface area (Å²) in [6.07, 6.45) is 0. The first-order valence-corrected chi connectivity index (χ1v) is 7.73. The Labute approximate surface area is 126 Å². The largest absolute Gasteiger partial charge is 0.377 e. The van der Waals surface area contributed by atoms with Gasteiger partial charge in [-0.1, -0.05) is 18.2 Å². The van der Waals surface area contributed by atoms with Crippen LogP contribution in [0, 0.1) is 0 Å². The van der Waals surface area contributed by atoms with E-state index in [-0.39, 0.29) is 5.60 Å². The van der Waals surface area contributed by atoms with Gasteiger partial charge in [-0.15, -0.1) is 11.8 Å². The summed E-state index contributed by atoms with van der Waals surface area (Å²) in [5, 5.41) is 6.56. The van der Waals surface area contributed by atoms with E-state index in [2.05, 4.69) is 39.9 Å². The van der Waals surface area contributed by atoms with Gasteiger partial charge in [0.25, 0.3) is 0 Å². The first-order valence-electron chi connectivity index (χ1n) is 6.75. The fraction of sp³-hybridized carbons (Fsp3) is 0.533. The molecule has 0 saturated carbocycles. The first kappa shape index (κ1) is 16.9. The number of thioether (sulfide) groups is 1. The highest BCUT2D eigenvalue weighted by Crippen LogP contribution is 2.15. The molecule has 0 atom stereocenters. The lowest BCUT2D eigenvalue weighted by atomic mass is 10.1. The SMILES string of the molecule is CN=C(NCCSc1ccccc1)NCC(C)(C)OC. The van der Waals surface area contributed by atoms with Crippen molar-refractivity contribution < 1.29 is 4.74 Å². The number of benzene rings is 1. The Hall–Kier alpha value is -1.20. The number of ether oxygens (including phenoxy) is 1. The summed E-state index contributed by atoms with van der Waals surface area (Å²) in [7, 11) is 3.49. The Morgan fingerprint density at radius 3 is 2.55 bits per heavy atom. The van der Waals surface area contributed by atoms with Crippen molar-refractivity contribution in [1.29, 1.82) is 0 Å². The van der Waals surface area contributed by atoms with Gasteiger partial charge in [0.05, 0.1) is 5.60 Å². The van der Waals surface area contributed by atoms with Crippen molar-refractivity contribution in [3.05, 3.63) is 30.3 Å². The van der Waals surface area contributed by atoms with Crippen LogP contribution >= 0.6 is 11.8 Å². The maximum atomic E-state index is 5.37. The minimum Gasteiger partial charge on any atom is -0.377 e. The first-order chi connectivity index (χ1) is 9.57. The number of methoxy groups -OCH3 is 1. The second-order valence-electron chi connectivity index (χ2n) is 4.98. The zero-order valence-electron chi connectivity index (χ0n) is 12.8. The van der Waals surface area contributed by atoms with Crippen LogP contribution in [-0.2, 0) is 4.74 Å². The van der Waals surface area contributed by atoms with Crippen LogP contribution in [0.1, 0.15) is 13.8 Å². The second-order valence-corrected chi connectivity index (χ2v) is 6.15. The molecule has 2 N–H and O–H groups in total. The van der Waals surface area contributed by atoms with Crippen molar-refractivity contribution in [3.8, 4) is 0 Å². The molecule has 0 aromatic heterocycles. The van der Waals surface area contributed by atoms with E-state index in [1.807, 2.05) is 31.7 Å². The minimum atomic E-state index is -0.198. The number of hydrogen-bond donors (Lipinski definition) is 2. The molecule has 0 aliphatic heterocycles. The van der Waals surface area contributed by atoms with E-state index in [0.29, 0.717) is 0 Å². The molecule has 0 spiro atoms. The summed E-state index contributed by atoms with van der Waals surface area (Å²) in [5.41, 5.74) is -0.198. The summed E-state index contributed by atoms with van der Waals surface area (Å²) in [4.78, 5) is 5.49. The molecular weight excluding hydrogens is 270 g/mol. The molecule has 0 amide bonds. The van der Waals surface area contributed by atoms with Crippen LogP contribution in [0.25, 0.3) is 0 Å². The van der Waals surface area contributed by atoms with Crippen molar-refractivity contribution in [1.82, 2.24) is 10.6 Å². The fourth-order valence-corrected chi connectivity index (χ4v) is 2.23. The van der Waals surface area contributed by atoms with E-state index >= 15 is 0 Å². The molecule has 0 saturated heterocycles. The summed E-state index contributed by atoms with van der Waals surface area (Å²) in [6, 6.07) is 10.4. The van der Waals surface area contributed by atoms with E-state index in [0.717, 1.165) is 24.8 Å². The lowest BCUT2D eigenvalue weighted by Gasteiger charge is -2.24. The van der Waals surface area contributed by atoms with E-state index in [4.69, 9.17) is 4.74 Å². The quantitative estimate of drug-likeness (QED) is 0.351. The maximum absolute atomic E-state index is 5.37. The van der Waals surface area contributed by atoms with Gasteiger partial charge >= 0.3 is 0 Å². The predicted molar refractivity (Wildman–Crippen MR) is 87.6 cm³/mol. The van der Waals surface area contributed by atoms with Gasteiger partial charge in [0, 0.05) is 37.9 Å². The normalized spacial score (nSPS) is 12.3. The topological polar surface area (TPSA) is 45.7 Å². The smallest absolute Gasteiger partial charge is 0.191 e. The number of aliphatic imine (C=N–C) groups is 1. The Kier molecular flexibility index (Phi) is 7.47. The molecule has 5 heteroatoms. The van der Waals surface area contributed by atoms with Crippen LogP contribution in [0.15, 0.2) is 40.2 Å². The molecule has 1 aromatic carbocycles. The molecule has 112 valence electrons. The highest BCUT2D eigenvalue weighted by atomic mass is 32.2. The monoisotopic (exact) mass is 295 g/mol. The van der Waals surface area contributed by atoms with Crippen LogP contribution in [0.3, 0.4) is 0 Å². The number of hydrogen-bond acceptors (Lipinski definition) is 3. The van der Waals surface area contributed by atoms with Crippen LogP contribution in [0.5, 0.6) is 0 Å². The molecule has 1 aromatic rings. The summed E-state index contributed by atoms with van der Waals surface area (Å²) in [6.45, 7) is 5.67. The highest BCUT2D eigenvalue weighted by Gasteiger charge is 2.16. The van der Waals surface area contributed by atoms with Crippen LogP contribution in [0.4, 0.5) is 0 Å². The zero-order valence-corrected chi connectivity index (χ0v) is 13.6. The number of nitrogens with zero attached hydrogens (tertiary/aromatic N) is 1. The maximum Gasteiger partial charge on any atom is 0.191 e. The number of guanidine groups is 1. The van der Waals surface area contributed by atoms with Gasteiger partial charge < -0.3 is 15.4 Å². The molecule has 0 bridgehead atoms. The van der Waals surface area contributed by atoms with Crippen molar-refractivity contribution in [2.24, 2.45) is 4.99 Å². The molecule has 20 heavy (non-hydrogen) atoms. The van der Waals surface area contributed by atoms with Gasteiger partial charge in [-0.25, -0.2) is 0 Å². The van der Waals surface area contributed by atoms with Crippen molar-refractivity contribution >= 4 is 17.7 Å². The second kappa shape index (κ2) is 8.87. The van der Waals surface area contributed by atoms with E-state index in [1.54, 1.807) is 14.2 Å². The third kappa shape index (κ3) is 6.82. The Morgan fingerprint density at radius 1 is 1.25 bits per heavy atom. The Morgan fingerprint density at radius 2 is 1.95 bits per heavy atom.